The maximum atomic E-state index is 11.3. The van der Waals surface area contributed by atoms with Gasteiger partial charge in [0.25, 0.3) is 0 Å². The fourth-order valence-corrected chi connectivity index (χ4v) is 1.56. The van der Waals surface area contributed by atoms with Crippen molar-refractivity contribution < 1.29 is 9.53 Å². The smallest absolute Gasteiger partial charge is 0.323 e. The number of nitrogens with one attached hydrogen (secondary N) is 1. The lowest BCUT2D eigenvalue weighted by molar-refractivity contribution is -0.145. The Bertz CT molecular complexity index is 155. The summed E-state index contributed by atoms with van der Waals surface area (Å²) in [7, 11) is 1.45. The fraction of sp³-hybridized carbons (Fsp3) is 0.889. The van der Waals surface area contributed by atoms with Gasteiger partial charge in [0.2, 0.25) is 0 Å². The highest BCUT2D eigenvalue weighted by Crippen LogP contribution is 2.29. The van der Waals surface area contributed by atoms with E-state index in [4.69, 9.17) is 4.74 Å². The molecule has 1 fully saturated rings. The van der Waals surface area contributed by atoms with Crippen LogP contribution in [-0.2, 0) is 9.53 Å². The zero-order valence-electron chi connectivity index (χ0n) is 7.80. The molecule has 0 amide bonds. The molecule has 70 valence electrons. The molecule has 3 heteroatoms. The van der Waals surface area contributed by atoms with Gasteiger partial charge in [-0.05, 0) is 25.3 Å². The second kappa shape index (κ2) is 4.45. The van der Waals surface area contributed by atoms with Gasteiger partial charge in [0.1, 0.15) is 6.04 Å². The summed E-state index contributed by atoms with van der Waals surface area (Å²) in [5.41, 5.74) is 0. The molecule has 1 aliphatic carbocycles. The molecular weight excluding hydrogens is 154 g/mol. The molecule has 0 aromatic carbocycles. The lowest BCUT2D eigenvalue weighted by Gasteiger charge is -2.32. The first-order valence-corrected chi connectivity index (χ1v) is 4.60. The van der Waals surface area contributed by atoms with E-state index in [-0.39, 0.29) is 12.0 Å². The number of likely N-dealkylation sites (N-methyl/N-ethyl adjacent to an activating group) is 1. The van der Waals surface area contributed by atoms with Crippen LogP contribution in [0, 0.1) is 5.92 Å². The molecule has 1 atom stereocenters. The van der Waals surface area contributed by atoms with Crippen LogP contribution in [0.4, 0.5) is 0 Å². The van der Waals surface area contributed by atoms with Gasteiger partial charge in [0.05, 0.1) is 7.11 Å². The Morgan fingerprint density at radius 2 is 2.33 bits per heavy atom. The van der Waals surface area contributed by atoms with Crippen LogP contribution in [0.1, 0.15) is 26.2 Å². The van der Waals surface area contributed by atoms with Gasteiger partial charge in [0.15, 0.2) is 0 Å². The second-order valence-electron chi connectivity index (χ2n) is 3.25. The molecule has 0 aromatic heterocycles. The first kappa shape index (κ1) is 9.52. The molecule has 0 heterocycles. The Morgan fingerprint density at radius 3 is 2.67 bits per heavy atom. The topological polar surface area (TPSA) is 38.3 Å². The highest BCUT2D eigenvalue weighted by molar-refractivity contribution is 5.76. The van der Waals surface area contributed by atoms with Gasteiger partial charge >= 0.3 is 5.97 Å². The largest absolute Gasteiger partial charge is 0.468 e. The minimum atomic E-state index is -0.110. The van der Waals surface area contributed by atoms with E-state index in [1.165, 1.54) is 13.5 Å². The summed E-state index contributed by atoms with van der Waals surface area (Å²) in [5.74, 6) is 0.402. The fourth-order valence-electron chi connectivity index (χ4n) is 1.56. The minimum Gasteiger partial charge on any atom is -0.468 e. The van der Waals surface area contributed by atoms with Crippen LogP contribution >= 0.6 is 0 Å². The Hall–Kier alpha value is -0.570. The number of ether oxygens (including phenoxy) is 1. The number of carbonyl (C=O) groups excluding carboxylic acids is 1. The molecule has 3 nitrogen and oxygen atoms in total. The summed E-state index contributed by atoms with van der Waals surface area (Å²) in [5, 5.41) is 3.16. The summed E-state index contributed by atoms with van der Waals surface area (Å²) < 4.78 is 4.72. The zero-order chi connectivity index (χ0) is 8.97. The molecule has 0 aromatic rings. The Morgan fingerprint density at radius 1 is 1.67 bits per heavy atom. The third-order valence-electron chi connectivity index (χ3n) is 2.50. The third-order valence-corrected chi connectivity index (χ3v) is 2.50. The molecule has 0 bridgehead atoms. The molecular formula is C9H17NO2. The van der Waals surface area contributed by atoms with Crippen LogP contribution < -0.4 is 5.32 Å². The predicted octanol–water partition coefficient (Wildman–Crippen LogP) is 0.938. The molecule has 1 N–H and O–H groups in total. The number of carbonyl (C=O) groups is 1. The summed E-state index contributed by atoms with van der Waals surface area (Å²) in [4.78, 5) is 11.3. The van der Waals surface area contributed by atoms with Gasteiger partial charge in [-0.3, -0.25) is 4.79 Å². The van der Waals surface area contributed by atoms with Crippen LogP contribution in [0.5, 0.6) is 0 Å². The molecule has 0 aliphatic heterocycles. The van der Waals surface area contributed by atoms with Crippen molar-refractivity contribution in [2.75, 3.05) is 13.7 Å². The summed E-state index contributed by atoms with van der Waals surface area (Å²) in [6.45, 7) is 2.84. The second-order valence-corrected chi connectivity index (χ2v) is 3.25. The summed E-state index contributed by atoms with van der Waals surface area (Å²) >= 11 is 0. The molecule has 0 spiro atoms. The molecule has 1 aliphatic rings. The maximum Gasteiger partial charge on any atom is 0.323 e. The summed E-state index contributed by atoms with van der Waals surface area (Å²) in [6.07, 6.45) is 3.57. The van der Waals surface area contributed by atoms with Gasteiger partial charge in [-0.2, -0.15) is 0 Å². The van der Waals surface area contributed by atoms with Crippen molar-refractivity contribution >= 4 is 5.97 Å². The van der Waals surface area contributed by atoms with E-state index in [1.807, 2.05) is 6.92 Å². The highest BCUT2D eigenvalue weighted by atomic mass is 16.5. The minimum absolute atomic E-state index is 0.0613. The van der Waals surface area contributed by atoms with Crippen molar-refractivity contribution in [1.29, 1.82) is 0 Å². The van der Waals surface area contributed by atoms with Crippen LogP contribution in [0.15, 0.2) is 0 Å². The van der Waals surface area contributed by atoms with Crippen molar-refractivity contribution in [3.8, 4) is 0 Å². The lowest BCUT2D eigenvalue weighted by atomic mass is 9.79. The van der Waals surface area contributed by atoms with Crippen molar-refractivity contribution in [3.05, 3.63) is 0 Å². The highest BCUT2D eigenvalue weighted by Gasteiger charge is 2.32. The first-order chi connectivity index (χ1) is 5.79. The quantitative estimate of drug-likeness (QED) is 0.640. The van der Waals surface area contributed by atoms with Gasteiger partial charge in [-0.15, -0.1) is 0 Å². The average Bonchev–Trinajstić information content (AvgIpc) is 1.99. The van der Waals surface area contributed by atoms with Crippen molar-refractivity contribution in [3.63, 3.8) is 0 Å². The number of rotatable bonds is 4. The van der Waals surface area contributed by atoms with E-state index in [0.29, 0.717) is 5.92 Å². The zero-order valence-corrected chi connectivity index (χ0v) is 7.80. The molecule has 0 saturated heterocycles. The molecule has 1 unspecified atom stereocenters. The van der Waals surface area contributed by atoms with Gasteiger partial charge < -0.3 is 10.1 Å². The maximum absolute atomic E-state index is 11.3. The van der Waals surface area contributed by atoms with Gasteiger partial charge in [-0.25, -0.2) is 0 Å². The molecule has 12 heavy (non-hydrogen) atoms. The van der Waals surface area contributed by atoms with Crippen molar-refractivity contribution in [2.24, 2.45) is 5.92 Å². The Balaban J connectivity index is 2.41. The molecule has 1 saturated carbocycles. The van der Waals surface area contributed by atoms with E-state index in [2.05, 4.69) is 5.32 Å². The standard InChI is InChI=1S/C9H17NO2/c1-3-10-8(9(11)12-2)7-5-4-6-7/h7-8,10H,3-6H2,1-2H3. The van der Waals surface area contributed by atoms with E-state index in [9.17, 15) is 4.79 Å². The Kier molecular flexibility index (Phi) is 3.53. The molecule has 1 rings (SSSR count). The third kappa shape index (κ3) is 1.97. The molecule has 0 radical (unpaired) electrons. The monoisotopic (exact) mass is 171 g/mol. The summed E-state index contributed by atoms with van der Waals surface area (Å²) in [6, 6.07) is -0.0613. The van der Waals surface area contributed by atoms with E-state index < -0.39 is 0 Å². The van der Waals surface area contributed by atoms with E-state index in [0.717, 1.165) is 19.4 Å². The SMILES string of the molecule is CCNC(C(=O)OC)C1CCC1. The number of methoxy groups -OCH3 is 1. The number of esters is 1. The van der Waals surface area contributed by atoms with E-state index in [1.54, 1.807) is 0 Å². The lowest BCUT2D eigenvalue weighted by Crippen LogP contribution is -2.45. The normalized spacial score (nSPS) is 19.8. The van der Waals surface area contributed by atoms with Crippen molar-refractivity contribution in [2.45, 2.75) is 32.2 Å². The Labute approximate surface area is 73.5 Å². The average molecular weight is 171 g/mol. The van der Waals surface area contributed by atoms with E-state index >= 15 is 0 Å². The van der Waals surface area contributed by atoms with Crippen molar-refractivity contribution in [1.82, 2.24) is 5.32 Å². The van der Waals surface area contributed by atoms with Crippen LogP contribution in [0.25, 0.3) is 0 Å². The van der Waals surface area contributed by atoms with Crippen LogP contribution in [-0.4, -0.2) is 25.7 Å². The number of hydrogen-bond acceptors (Lipinski definition) is 3. The number of hydrogen-bond donors (Lipinski definition) is 1. The van der Waals surface area contributed by atoms with Gasteiger partial charge in [0, 0.05) is 0 Å². The van der Waals surface area contributed by atoms with Crippen LogP contribution in [0.2, 0.25) is 0 Å². The van der Waals surface area contributed by atoms with Crippen LogP contribution in [0.3, 0.4) is 0 Å². The van der Waals surface area contributed by atoms with Gasteiger partial charge in [-0.1, -0.05) is 13.3 Å². The predicted molar refractivity (Wildman–Crippen MR) is 46.8 cm³/mol. The first-order valence-electron chi connectivity index (χ1n) is 4.60.